The highest BCUT2D eigenvalue weighted by molar-refractivity contribution is 6.04. The molecule has 1 spiro atoms. The van der Waals surface area contributed by atoms with Crippen LogP contribution in [0.25, 0.3) is 0 Å². The predicted molar refractivity (Wildman–Crippen MR) is 69.7 cm³/mol. The molecule has 20 heavy (non-hydrogen) atoms. The minimum absolute atomic E-state index is 0.107. The molecule has 0 aromatic heterocycles. The number of rotatable bonds is 1. The Morgan fingerprint density at radius 2 is 1.90 bits per heavy atom. The molecule has 6 nitrogen and oxygen atoms in total. The van der Waals surface area contributed by atoms with Gasteiger partial charge in [-0.15, -0.1) is 0 Å². The fraction of sp³-hybridized carbons (Fsp3) is 0.786. The monoisotopic (exact) mass is 283 g/mol. The number of ether oxygens (including phenoxy) is 2. The summed E-state index contributed by atoms with van der Waals surface area (Å²) in [6, 6.07) is 0. The van der Waals surface area contributed by atoms with E-state index in [1.165, 1.54) is 7.11 Å². The van der Waals surface area contributed by atoms with E-state index in [9.17, 15) is 14.4 Å². The third-order valence-corrected chi connectivity index (χ3v) is 3.75. The number of amides is 2. The third-order valence-electron chi connectivity index (χ3n) is 3.75. The highest BCUT2D eigenvalue weighted by atomic mass is 16.6. The number of hydrogen-bond acceptors (Lipinski definition) is 5. The van der Waals surface area contributed by atoms with Crippen molar-refractivity contribution in [3.8, 4) is 0 Å². The van der Waals surface area contributed by atoms with Crippen LogP contribution in [0.3, 0.4) is 0 Å². The summed E-state index contributed by atoms with van der Waals surface area (Å²) < 4.78 is 9.92. The van der Waals surface area contributed by atoms with Gasteiger partial charge in [-0.1, -0.05) is 0 Å². The van der Waals surface area contributed by atoms with Crippen LogP contribution in [0.1, 0.15) is 40.0 Å². The van der Waals surface area contributed by atoms with Crippen molar-refractivity contribution in [3.63, 3.8) is 0 Å². The Balaban J connectivity index is 2.17. The third kappa shape index (κ3) is 2.94. The van der Waals surface area contributed by atoms with Crippen molar-refractivity contribution in [2.45, 2.75) is 45.6 Å². The van der Waals surface area contributed by atoms with Gasteiger partial charge in [-0.25, -0.2) is 9.69 Å². The lowest BCUT2D eigenvalue weighted by Gasteiger charge is -2.35. The van der Waals surface area contributed by atoms with Gasteiger partial charge in [0.25, 0.3) is 0 Å². The van der Waals surface area contributed by atoms with E-state index in [2.05, 4.69) is 4.74 Å². The molecule has 2 amide bonds. The number of carbonyl (C=O) groups is 3. The lowest BCUT2D eigenvalue weighted by molar-refractivity contribution is -0.157. The van der Waals surface area contributed by atoms with Crippen molar-refractivity contribution < 1.29 is 23.9 Å². The summed E-state index contributed by atoms with van der Waals surface area (Å²) >= 11 is 0. The maximum Gasteiger partial charge on any atom is 0.417 e. The molecule has 6 heteroatoms. The summed E-state index contributed by atoms with van der Waals surface area (Å²) in [6.45, 7) is 5.56. The van der Waals surface area contributed by atoms with Gasteiger partial charge in [0.1, 0.15) is 11.5 Å². The largest absolute Gasteiger partial charge is 0.468 e. The van der Waals surface area contributed by atoms with Crippen LogP contribution in [0, 0.1) is 11.3 Å². The molecule has 1 atom stereocenters. The Bertz CT molecular complexity index is 447. The molecule has 1 aliphatic heterocycles. The zero-order chi connectivity index (χ0) is 15.1. The summed E-state index contributed by atoms with van der Waals surface area (Å²) in [5.74, 6) is -1.97. The lowest BCUT2D eigenvalue weighted by atomic mass is 9.86. The zero-order valence-corrected chi connectivity index (χ0v) is 12.4. The van der Waals surface area contributed by atoms with Gasteiger partial charge >= 0.3 is 12.1 Å². The minimum atomic E-state index is -0.885. The van der Waals surface area contributed by atoms with Gasteiger partial charge in [0.05, 0.1) is 7.11 Å². The first-order valence-corrected chi connectivity index (χ1v) is 6.80. The summed E-state index contributed by atoms with van der Waals surface area (Å²) in [5, 5.41) is 0. The SMILES string of the molecule is COC(=O)C1CC2(CC2)CN(C(=O)OC(C)(C)C)C1=O. The van der Waals surface area contributed by atoms with E-state index >= 15 is 0 Å². The number of carbonyl (C=O) groups excluding carboxylic acids is 3. The second kappa shape index (κ2) is 4.75. The summed E-state index contributed by atoms with van der Waals surface area (Å²) in [6.07, 6.45) is 1.64. The molecule has 0 aromatic carbocycles. The second-order valence-corrected chi connectivity index (χ2v) is 6.68. The molecule has 112 valence electrons. The first-order valence-electron chi connectivity index (χ1n) is 6.80. The van der Waals surface area contributed by atoms with E-state index in [1.54, 1.807) is 20.8 Å². The van der Waals surface area contributed by atoms with Gasteiger partial charge in [-0.05, 0) is 45.4 Å². The van der Waals surface area contributed by atoms with Crippen molar-refractivity contribution in [1.82, 2.24) is 4.90 Å². The van der Waals surface area contributed by atoms with E-state index in [-0.39, 0.29) is 5.41 Å². The molecule has 1 heterocycles. The molecule has 1 aliphatic carbocycles. The maximum absolute atomic E-state index is 12.3. The quantitative estimate of drug-likeness (QED) is 0.541. The molecular weight excluding hydrogens is 262 g/mol. The van der Waals surface area contributed by atoms with Crippen molar-refractivity contribution >= 4 is 18.0 Å². The van der Waals surface area contributed by atoms with Gasteiger partial charge in [-0.3, -0.25) is 9.59 Å². The second-order valence-electron chi connectivity index (χ2n) is 6.68. The first-order chi connectivity index (χ1) is 9.17. The molecule has 1 saturated carbocycles. The maximum atomic E-state index is 12.3. The van der Waals surface area contributed by atoms with Gasteiger partial charge < -0.3 is 9.47 Å². The molecule has 0 bridgehead atoms. The number of esters is 1. The molecule has 0 aromatic rings. The lowest BCUT2D eigenvalue weighted by Crippen LogP contribution is -2.52. The molecular formula is C14H21NO5. The van der Waals surface area contributed by atoms with E-state index < -0.39 is 29.5 Å². The van der Waals surface area contributed by atoms with Crippen LogP contribution in [0.15, 0.2) is 0 Å². The van der Waals surface area contributed by atoms with Crippen LogP contribution < -0.4 is 0 Å². The Labute approximate surface area is 118 Å². The fourth-order valence-corrected chi connectivity index (χ4v) is 2.52. The molecule has 2 aliphatic rings. The molecule has 0 radical (unpaired) electrons. The molecule has 0 N–H and O–H groups in total. The van der Waals surface area contributed by atoms with Gasteiger partial charge in [0, 0.05) is 6.54 Å². The van der Waals surface area contributed by atoms with Gasteiger partial charge in [-0.2, -0.15) is 0 Å². The zero-order valence-electron chi connectivity index (χ0n) is 12.4. The fourth-order valence-electron chi connectivity index (χ4n) is 2.52. The molecule has 2 rings (SSSR count). The first kappa shape index (κ1) is 14.8. The van der Waals surface area contributed by atoms with Crippen LogP contribution >= 0.6 is 0 Å². The standard InChI is InChI=1S/C14H21NO5/c1-13(2,3)20-12(18)15-8-14(5-6-14)7-9(10(15)16)11(17)19-4/h9H,5-8H2,1-4H3. The average molecular weight is 283 g/mol. The number of imide groups is 1. The summed E-state index contributed by atoms with van der Waals surface area (Å²) in [5.41, 5.74) is -0.782. The topological polar surface area (TPSA) is 72.9 Å². The Morgan fingerprint density at radius 3 is 2.35 bits per heavy atom. The van der Waals surface area contributed by atoms with E-state index in [4.69, 9.17) is 4.74 Å². The number of piperidine rings is 1. The molecule has 2 fully saturated rings. The van der Waals surface area contributed by atoms with Crippen LogP contribution in [0.2, 0.25) is 0 Å². The predicted octanol–water partition coefficient (Wildman–Crippen LogP) is 1.72. The van der Waals surface area contributed by atoms with E-state index in [0.717, 1.165) is 17.7 Å². The van der Waals surface area contributed by atoms with Crippen molar-refractivity contribution in [3.05, 3.63) is 0 Å². The number of hydrogen-bond donors (Lipinski definition) is 0. The number of methoxy groups -OCH3 is 1. The molecule has 1 unspecified atom stereocenters. The highest BCUT2D eigenvalue weighted by Crippen LogP contribution is 2.54. The van der Waals surface area contributed by atoms with E-state index in [0.29, 0.717) is 13.0 Å². The Hall–Kier alpha value is -1.59. The van der Waals surface area contributed by atoms with Crippen LogP contribution in [0.5, 0.6) is 0 Å². The van der Waals surface area contributed by atoms with Crippen molar-refractivity contribution in [2.24, 2.45) is 11.3 Å². The average Bonchev–Trinajstić information content (AvgIpc) is 3.08. The smallest absolute Gasteiger partial charge is 0.417 e. The van der Waals surface area contributed by atoms with Crippen LogP contribution in [-0.2, 0) is 19.1 Å². The number of likely N-dealkylation sites (tertiary alicyclic amines) is 1. The summed E-state index contributed by atoms with van der Waals surface area (Å²) in [4.78, 5) is 37.2. The number of nitrogens with zero attached hydrogens (tertiary/aromatic N) is 1. The summed E-state index contributed by atoms with van der Waals surface area (Å²) in [7, 11) is 1.25. The molecule has 1 saturated heterocycles. The van der Waals surface area contributed by atoms with Crippen LogP contribution in [-0.4, -0.2) is 42.1 Å². The van der Waals surface area contributed by atoms with Gasteiger partial charge in [0.2, 0.25) is 5.91 Å². The van der Waals surface area contributed by atoms with Crippen molar-refractivity contribution in [1.29, 1.82) is 0 Å². The highest BCUT2D eigenvalue weighted by Gasteiger charge is 2.55. The van der Waals surface area contributed by atoms with Crippen LogP contribution in [0.4, 0.5) is 4.79 Å². The minimum Gasteiger partial charge on any atom is -0.468 e. The Morgan fingerprint density at radius 1 is 1.30 bits per heavy atom. The van der Waals surface area contributed by atoms with Gasteiger partial charge in [0.15, 0.2) is 0 Å². The normalized spacial score (nSPS) is 24.5. The Kier molecular flexibility index (Phi) is 3.52. The van der Waals surface area contributed by atoms with E-state index in [1.807, 2.05) is 0 Å². The van der Waals surface area contributed by atoms with Crippen molar-refractivity contribution in [2.75, 3.05) is 13.7 Å².